The number of carbonyl (C=O) groups excluding carboxylic acids is 1. The number of anilines is 1. The number of nitrogens with zero attached hydrogens (tertiary/aromatic N) is 4. The number of hydrogen-bond donors (Lipinski definition) is 0. The molecule has 0 unspecified atom stereocenters. The number of para-hydroxylation sites is 1. The summed E-state index contributed by atoms with van der Waals surface area (Å²) in [6.45, 7) is 4.31. The number of rotatable bonds is 5. The third kappa shape index (κ3) is 3.11. The highest BCUT2D eigenvalue weighted by molar-refractivity contribution is 6.54. The van der Waals surface area contributed by atoms with E-state index < -0.39 is 4.92 Å². The Bertz CT molecular complexity index is 934. The average Bonchev–Trinajstić information content (AvgIpc) is 2.92. The summed E-state index contributed by atoms with van der Waals surface area (Å²) < 4.78 is 0. The molecule has 1 aliphatic rings. The van der Waals surface area contributed by atoms with Crippen molar-refractivity contribution in [2.24, 2.45) is 10.2 Å². The van der Waals surface area contributed by atoms with Gasteiger partial charge in [-0.1, -0.05) is 37.3 Å². The zero-order valence-electron chi connectivity index (χ0n) is 14.5. The summed E-state index contributed by atoms with van der Waals surface area (Å²) in [5.41, 5.74) is 3.11. The molecule has 7 heteroatoms. The first kappa shape index (κ1) is 17.5. The monoisotopic (exact) mass is 350 g/mol. The van der Waals surface area contributed by atoms with Crippen molar-refractivity contribution in [1.82, 2.24) is 0 Å². The molecule has 0 radical (unpaired) electrons. The van der Waals surface area contributed by atoms with Crippen molar-refractivity contribution in [1.29, 1.82) is 0 Å². The fourth-order valence-corrected chi connectivity index (χ4v) is 2.96. The summed E-state index contributed by atoms with van der Waals surface area (Å²) in [5.74, 6) is -0.196. The van der Waals surface area contributed by atoms with E-state index in [-0.39, 0.29) is 17.3 Å². The first-order chi connectivity index (χ1) is 12.6. The van der Waals surface area contributed by atoms with Crippen molar-refractivity contribution in [2.75, 3.05) is 11.4 Å². The first-order valence-electron chi connectivity index (χ1n) is 8.36. The second kappa shape index (κ2) is 7.26. The Morgan fingerprint density at radius 1 is 1.19 bits per heavy atom. The SMILES string of the molecule is CCc1ccc(/C=N\N=C2\C(=O)N(CC)c3ccccc32)cc1[N+](=O)[O-]. The van der Waals surface area contributed by atoms with Crippen molar-refractivity contribution < 1.29 is 9.72 Å². The summed E-state index contributed by atoms with van der Waals surface area (Å²) in [6.07, 6.45) is 2.00. The molecule has 1 aliphatic heterocycles. The number of fused-ring (bicyclic) bond motifs is 1. The summed E-state index contributed by atoms with van der Waals surface area (Å²) in [7, 11) is 0. The van der Waals surface area contributed by atoms with Crippen LogP contribution in [0.25, 0.3) is 0 Å². The van der Waals surface area contributed by atoms with Gasteiger partial charge < -0.3 is 4.90 Å². The Kier molecular flexibility index (Phi) is 4.88. The average molecular weight is 350 g/mol. The summed E-state index contributed by atoms with van der Waals surface area (Å²) >= 11 is 0. The summed E-state index contributed by atoms with van der Waals surface area (Å²) in [6, 6.07) is 12.3. The fraction of sp³-hybridized carbons (Fsp3) is 0.211. The summed E-state index contributed by atoms with van der Waals surface area (Å²) in [5, 5.41) is 19.2. The van der Waals surface area contributed by atoms with Crippen LogP contribution in [-0.2, 0) is 11.2 Å². The highest BCUT2D eigenvalue weighted by atomic mass is 16.6. The third-order valence-corrected chi connectivity index (χ3v) is 4.27. The molecule has 2 aromatic carbocycles. The Morgan fingerprint density at radius 2 is 1.96 bits per heavy atom. The molecule has 0 N–H and O–H groups in total. The molecule has 0 spiro atoms. The molecule has 0 aromatic heterocycles. The molecule has 1 amide bonds. The molecule has 0 saturated carbocycles. The van der Waals surface area contributed by atoms with Gasteiger partial charge in [0.1, 0.15) is 0 Å². The number of benzene rings is 2. The molecule has 0 fully saturated rings. The number of carbonyl (C=O) groups is 1. The second-order valence-electron chi connectivity index (χ2n) is 5.76. The normalized spacial score (nSPS) is 15.1. The lowest BCUT2D eigenvalue weighted by Crippen LogP contribution is -2.29. The van der Waals surface area contributed by atoms with E-state index >= 15 is 0 Å². The zero-order valence-corrected chi connectivity index (χ0v) is 14.5. The van der Waals surface area contributed by atoms with Crippen molar-refractivity contribution in [3.63, 3.8) is 0 Å². The lowest BCUT2D eigenvalue weighted by Gasteiger charge is -2.12. The highest BCUT2D eigenvalue weighted by Gasteiger charge is 2.32. The predicted molar refractivity (Wildman–Crippen MR) is 101 cm³/mol. The fourth-order valence-electron chi connectivity index (χ4n) is 2.96. The van der Waals surface area contributed by atoms with Gasteiger partial charge in [0.25, 0.3) is 11.6 Å². The molecular formula is C19H18N4O3. The molecular weight excluding hydrogens is 332 g/mol. The van der Waals surface area contributed by atoms with Crippen LogP contribution in [0, 0.1) is 10.1 Å². The zero-order chi connectivity index (χ0) is 18.7. The van der Waals surface area contributed by atoms with Crippen LogP contribution in [0.5, 0.6) is 0 Å². The van der Waals surface area contributed by atoms with E-state index in [1.165, 1.54) is 12.3 Å². The minimum Gasteiger partial charge on any atom is -0.307 e. The first-order valence-corrected chi connectivity index (χ1v) is 8.36. The molecule has 0 saturated heterocycles. The van der Waals surface area contributed by atoms with Gasteiger partial charge in [-0.15, -0.1) is 5.10 Å². The Hall–Kier alpha value is -3.35. The Balaban J connectivity index is 1.92. The number of nitro groups is 1. The van der Waals surface area contributed by atoms with Gasteiger partial charge in [-0.25, -0.2) is 0 Å². The number of aryl methyl sites for hydroxylation is 1. The Morgan fingerprint density at radius 3 is 2.65 bits per heavy atom. The highest BCUT2D eigenvalue weighted by Crippen LogP contribution is 2.28. The van der Waals surface area contributed by atoms with Gasteiger partial charge in [-0.3, -0.25) is 14.9 Å². The largest absolute Gasteiger partial charge is 0.307 e. The van der Waals surface area contributed by atoms with E-state index in [9.17, 15) is 14.9 Å². The van der Waals surface area contributed by atoms with Crippen LogP contribution in [0.1, 0.15) is 30.5 Å². The van der Waals surface area contributed by atoms with Crippen LogP contribution in [0.4, 0.5) is 11.4 Å². The van der Waals surface area contributed by atoms with Gasteiger partial charge in [0, 0.05) is 29.3 Å². The van der Waals surface area contributed by atoms with E-state index in [1.54, 1.807) is 17.0 Å². The lowest BCUT2D eigenvalue weighted by molar-refractivity contribution is -0.385. The quantitative estimate of drug-likeness (QED) is 0.470. The summed E-state index contributed by atoms with van der Waals surface area (Å²) in [4.78, 5) is 24.9. The molecule has 132 valence electrons. The number of likely N-dealkylation sites (N-methyl/N-ethyl adjacent to an activating group) is 1. The number of hydrogen-bond acceptors (Lipinski definition) is 5. The van der Waals surface area contributed by atoms with E-state index in [1.807, 2.05) is 38.1 Å². The van der Waals surface area contributed by atoms with Crippen LogP contribution in [-0.4, -0.2) is 29.3 Å². The molecule has 1 heterocycles. The van der Waals surface area contributed by atoms with Gasteiger partial charge in [0.2, 0.25) is 0 Å². The lowest BCUT2D eigenvalue weighted by atomic mass is 10.1. The van der Waals surface area contributed by atoms with Gasteiger partial charge in [0.15, 0.2) is 5.71 Å². The van der Waals surface area contributed by atoms with Crippen LogP contribution in [0.3, 0.4) is 0 Å². The van der Waals surface area contributed by atoms with Crippen molar-refractivity contribution in [2.45, 2.75) is 20.3 Å². The van der Waals surface area contributed by atoms with Crippen LogP contribution < -0.4 is 4.90 Å². The molecule has 0 atom stereocenters. The standard InChI is InChI=1S/C19H18N4O3/c1-3-14-10-9-13(11-17(14)23(25)26)12-20-21-18-15-7-5-6-8-16(15)22(4-2)19(18)24/h5-12H,3-4H2,1-2H3/b20-12-,21-18+. The van der Waals surface area contributed by atoms with Crippen LogP contribution in [0.15, 0.2) is 52.7 Å². The second-order valence-corrected chi connectivity index (χ2v) is 5.76. The van der Waals surface area contributed by atoms with Gasteiger partial charge in [-0.2, -0.15) is 5.10 Å². The molecule has 2 aromatic rings. The van der Waals surface area contributed by atoms with E-state index in [0.717, 1.165) is 11.3 Å². The van der Waals surface area contributed by atoms with Gasteiger partial charge in [-0.05, 0) is 19.4 Å². The molecule has 3 rings (SSSR count). The topological polar surface area (TPSA) is 88.2 Å². The maximum atomic E-state index is 12.5. The van der Waals surface area contributed by atoms with Gasteiger partial charge >= 0.3 is 0 Å². The molecule has 7 nitrogen and oxygen atoms in total. The molecule has 0 bridgehead atoms. The van der Waals surface area contributed by atoms with E-state index in [0.29, 0.717) is 24.1 Å². The predicted octanol–water partition coefficient (Wildman–Crippen LogP) is 3.35. The maximum absolute atomic E-state index is 12.5. The molecule has 26 heavy (non-hydrogen) atoms. The Labute approximate surface area is 150 Å². The van der Waals surface area contributed by atoms with E-state index in [4.69, 9.17) is 0 Å². The van der Waals surface area contributed by atoms with Crippen molar-refractivity contribution in [3.8, 4) is 0 Å². The van der Waals surface area contributed by atoms with Crippen molar-refractivity contribution in [3.05, 3.63) is 69.3 Å². The maximum Gasteiger partial charge on any atom is 0.279 e. The van der Waals surface area contributed by atoms with E-state index in [2.05, 4.69) is 10.2 Å². The molecule has 0 aliphatic carbocycles. The van der Waals surface area contributed by atoms with Crippen molar-refractivity contribution >= 4 is 29.2 Å². The number of nitro benzene ring substituents is 1. The van der Waals surface area contributed by atoms with Crippen LogP contribution in [0.2, 0.25) is 0 Å². The smallest absolute Gasteiger partial charge is 0.279 e. The van der Waals surface area contributed by atoms with Crippen LogP contribution >= 0.6 is 0 Å². The third-order valence-electron chi connectivity index (χ3n) is 4.27. The minimum absolute atomic E-state index is 0.0588. The number of amides is 1. The van der Waals surface area contributed by atoms with Gasteiger partial charge in [0.05, 0.1) is 16.8 Å². The minimum atomic E-state index is -0.405.